The zero-order valence-corrected chi connectivity index (χ0v) is 13.0. The number of nitrogens with one attached hydrogen (secondary N) is 1. The van der Waals surface area contributed by atoms with Gasteiger partial charge in [-0.25, -0.2) is 0 Å². The van der Waals surface area contributed by atoms with Crippen LogP contribution in [0.4, 0.5) is 0 Å². The Balaban J connectivity index is 1.66. The topological polar surface area (TPSA) is 21.3 Å². The zero-order chi connectivity index (χ0) is 13.1. The maximum absolute atomic E-state index is 5.79. The Morgan fingerprint density at radius 3 is 2.74 bits per heavy atom. The van der Waals surface area contributed by atoms with Gasteiger partial charge in [-0.1, -0.05) is 41.6 Å². The van der Waals surface area contributed by atoms with Gasteiger partial charge in [-0.3, -0.25) is 0 Å². The molecule has 0 unspecified atom stereocenters. The third-order valence-electron chi connectivity index (χ3n) is 4.26. The Kier molecular flexibility index (Phi) is 4.44. The van der Waals surface area contributed by atoms with E-state index < -0.39 is 0 Å². The van der Waals surface area contributed by atoms with Crippen LogP contribution in [-0.4, -0.2) is 12.6 Å². The van der Waals surface area contributed by atoms with Gasteiger partial charge in [0.1, 0.15) is 5.75 Å². The van der Waals surface area contributed by atoms with E-state index in [1.807, 2.05) is 0 Å². The average molecular weight is 324 g/mol. The third kappa shape index (κ3) is 3.32. The van der Waals surface area contributed by atoms with E-state index in [2.05, 4.69) is 33.4 Å². The van der Waals surface area contributed by atoms with Gasteiger partial charge >= 0.3 is 0 Å². The summed E-state index contributed by atoms with van der Waals surface area (Å²) in [4.78, 5) is 0. The van der Waals surface area contributed by atoms with Crippen LogP contribution in [0.5, 0.6) is 5.75 Å². The van der Waals surface area contributed by atoms with Crippen LogP contribution in [0.15, 0.2) is 16.6 Å². The highest BCUT2D eigenvalue weighted by atomic mass is 79.9. The number of hydrogen-bond acceptors (Lipinski definition) is 2. The molecule has 0 bridgehead atoms. The van der Waals surface area contributed by atoms with Crippen LogP contribution < -0.4 is 10.1 Å². The van der Waals surface area contributed by atoms with Gasteiger partial charge in [0.25, 0.3) is 0 Å². The molecule has 19 heavy (non-hydrogen) atoms. The Bertz CT molecular complexity index is 439. The Morgan fingerprint density at radius 1 is 1.16 bits per heavy atom. The van der Waals surface area contributed by atoms with Crippen molar-refractivity contribution in [2.75, 3.05) is 6.61 Å². The molecule has 0 radical (unpaired) electrons. The molecule has 0 amide bonds. The zero-order valence-electron chi connectivity index (χ0n) is 11.4. The van der Waals surface area contributed by atoms with E-state index in [4.69, 9.17) is 4.74 Å². The molecule has 0 spiro atoms. The highest BCUT2D eigenvalue weighted by molar-refractivity contribution is 9.10. The highest BCUT2D eigenvalue weighted by Crippen LogP contribution is 2.33. The van der Waals surface area contributed by atoms with Crippen molar-refractivity contribution in [3.05, 3.63) is 27.7 Å². The second kappa shape index (κ2) is 6.27. The number of benzene rings is 1. The Hall–Kier alpha value is -0.540. The molecule has 0 saturated heterocycles. The number of halogens is 1. The maximum atomic E-state index is 5.79. The fourth-order valence-corrected chi connectivity index (χ4v) is 3.77. The molecule has 1 fully saturated rings. The van der Waals surface area contributed by atoms with E-state index in [9.17, 15) is 0 Å². The number of ether oxygens (including phenoxy) is 1. The minimum Gasteiger partial charge on any atom is -0.493 e. The minimum absolute atomic E-state index is 0.693. The van der Waals surface area contributed by atoms with E-state index in [1.165, 1.54) is 54.1 Å². The molecule has 1 saturated carbocycles. The van der Waals surface area contributed by atoms with Gasteiger partial charge in [-0.05, 0) is 30.5 Å². The van der Waals surface area contributed by atoms with Crippen molar-refractivity contribution in [2.45, 2.75) is 57.5 Å². The summed E-state index contributed by atoms with van der Waals surface area (Å²) in [6, 6.07) is 5.09. The number of fused-ring (bicyclic) bond motifs is 1. The molecule has 0 atom stereocenters. The molecule has 1 aliphatic carbocycles. The van der Waals surface area contributed by atoms with Crippen LogP contribution in [0.25, 0.3) is 0 Å². The first-order chi connectivity index (χ1) is 9.33. The fourth-order valence-electron chi connectivity index (χ4n) is 3.22. The van der Waals surface area contributed by atoms with Crippen molar-refractivity contribution >= 4 is 15.9 Å². The maximum Gasteiger partial charge on any atom is 0.127 e. The Morgan fingerprint density at radius 2 is 1.95 bits per heavy atom. The van der Waals surface area contributed by atoms with E-state index in [-0.39, 0.29) is 0 Å². The van der Waals surface area contributed by atoms with Crippen molar-refractivity contribution in [1.82, 2.24) is 5.32 Å². The van der Waals surface area contributed by atoms with Crippen LogP contribution in [0, 0.1) is 0 Å². The second-order valence-electron chi connectivity index (χ2n) is 5.72. The summed E-state index contributed by atoms with van der Waals surface area (Å²) in [5.41, 5.74) is 2.66. The summed E-state index contributed by atoms with van der Waals surface area (Å²) in [5.74, 6) is 1.13. The summed E-state index contributed by atoms with van der Waals surface area (Å²) < 4.78 is 6.96. The van der Waals surface area contributed by atoms with Crippen molar-refractivity contribution in [1.29, 1.82) is 0 Å². The lowest BCUT2D eigenvalue weighted by molar-refractivity contribution is 0.350. The van der Waals surface area contributed by atoms with E-state index >= 15 is 0 Å². The number of hydrogen-bond donors (Lipinski definition) is 1. The van der Waals surface area contributed by atoms with E-state index in [0.29, 0.717) is 6.04 Å². The number of rotatable bonds is 3. The molecule has 1 heterocycles. The molecule has 1 aromatic rings. The lowest BCUT2D eigenvalue weighted by atomic mass is 10.1. The largest absolute Gasteiger partial charge is 0.493 e. The normalized spacial score (nSPS) is 19.8. The van der Waals surface area contributed by atoms with Gasteiger partial charge in [-0.2, -0.15) is 0 Å². The predicted molar refractivity (Wildman–Crippen MR) is 81.7 cm³/mol. The van der Waals surface area contributed by atoms with Crippen LogP contribution in [-0.2, 0) is 13.0 Å². The molecular weight excluding hydrogens is 302 g/mol. The molecule has 2 aliphatic rings. The summed E-state index contributed by atoms with van der Waals surface area (Å²) in [7, 11) is 0. The van der Waals surface area contributed by atoms with Crippen LogP contribution in [0.1, 0.15) is 49.7 Å². The van der Waals surface area contributed by atoms with Gasteiger partial charge in [0.05, 0.1) is 6.61 Å². The van der Waals surface area contributed by atoms with Crippen LogP contribution in [0.3, 0.4) is 0 Å². The summed E-state index contributed by atoms with van der Waals surface area (Å²) >= 11 is 3.61. The third-order valence-corrected chi connectivity index (χ3v) is 4.72. The second-order valence-corrected chi connectivity index (χ2v) is 6.64. The monoisotopic (exact) mass is 323 g/mol. The fraction of sp³-hybridized carbons (Fsp3) is 0.625. The van der Waals surface area contributed by atoms with Crippen molar-refractivity contribution in [2.24, 2.45) is 0 Å². The molecule has 104 valence electrons. The van der Waals surface area contributed by atoms with Gasteiger partial charge < -0.3 is 10.1 Å². The van der Waals surface area contributed by atoms with Gasteiger partial charge in [0.2, 0.25) is 0 Å². The SMILES string of the molecule is Brc1cc2c(c(CNC3CCCCCC3)c1)OCC2. The minimum atomic E-state index is 0.693. The summed E-state index contributed by atoms with van der Waals surface area (Å²) in [5, 5.41) is 3.73. The quantitative estimate of drug-likeness (QED) is 0.842. The van der Waals surface area contributed by atoms with Crippen LogP contribution >= 0.6 is 15.9 Å². The lowest BCUT2D eigenvalue weighted by Crippen LogP contribution is -2.28. The molecule has 0 aromatic heterocycles. The molecule has 3 rings (SSSR count). The van der Waals surface area contributed by atoms with Crippen molar-refractivity contribution in [3.63, 3.8) is 0 Å². The average Bonchev–Trinajstić information content (AvgIpc) is 2.71. The van der Waals surface area contributed by atoms with E-state index in [0.717, 1.165) is 25.3 Å². The molecular formula is C16H22BrNO. The Labute approximate surface area is 124 Å². The lowest BCUT2D eigenvalue weighted by Gasteiger charge is -2.17. The highest BCUT2D eigenvalue weighted by Gasteiger charge is 2.18. The van der Waals surface area contributed by atoms with Crippen LogP contribution in [0.2, 0.25) is 0 Å². The summed E-state index contributed by atoms with van der Waals surface area (Å²) in [6.07, 6.45) is 9.29. The van der Waals surface area contributed by atoms with Gasteiger partial charge in [-0.15, -0.1) is 0 Å². The molecule has 1 aliphatic heterocycles. The summed E-state index contributed by atoms with van der Waals surface area (Å²) in [6.45, 7) is 1.77. The van der Waals surface area contributed by atoms with Gasteiger partial charge in [0.15, 0.2) is 0 Å². The molecule has 1 N–H and O–H groups in total. The first-order valence-electron chi connectivity index (χ1n) is 7.50. The molecule has 1 aromatic carbocycles. The predicted octanol–water partition coefficient (Wildman–Crippen LogP) is 4.20. The first kappa shape index (κ1) is 13.4. The first-order valence-corrected chi connectivity index (χ1v) is 8.30. The van der Waals surface area contributed by atoms with Gasteiger partial charge in [0, 0.05) is 29.0 Å². The van der Waals surface area contributed by atoms with E-state index in [1.54, 1.807) is 0 Å². The van der Waals surface area contributed by atoms with Crippen molar-refractivity contribution in [3.8, 4) is 5.75 Å². The molecule has 3 heteroatoms. The standard InChI is InChI=1S/C16H22BrNO/c17-14-9-12-7-8-19-16(12)13(10-14)11-18-15-5-3-1-2-4-6-15/h9-10,15,18H,1-8,11H2. The van der Waals surface area contributed by atoms with Crippen molar-refractivity contribution < 1.29 is 4.74 Å². The molecule has 2 nitrogen and oxygen atoms in total. The smallest absolute Gasteiger partial charge is 0.127 e.